The van der Waals surface area contributed by atoms with Crippen LogP contribution < -0.4 is 14.5 Å². The van der Waals surface area contributed by atoms with Gasteiger partial charge in [-0.05, 0) is 60.0 Å². The van der Waals surface area contributed by atoms with E-state index in [1.165, 1.54) is 5.56 Å². The van der Waals surface area contributed by atoms with Crippen LogP contribution in [0.3, 0.4) is 0 Å². The minimum atomic E-state index is 0. The van der Waals surface area contributed by atoms with Crippen molar-refractivity contribution < 1.29 is 25.8 Å². The maximum atomic E-state index is 6.13. The Hall–Kier alpha value is -3.70. The van der Waals surface area contributed by atoms with E-state index >= 15 is 0 Å². The van der Waals surface area contributed by atoms with Gasteiger partial charge in [0.1, 0.15) is 0 Å². The summed E-state index contributed by atoms with van der Waals surface area (Å²) in [6, 6.07) is 24.8. The molecule has 36 heavy (non-hydrogen) atoms. The first kappa shape index (κ1) is 24.0. The van der Waals surface area contributed by atoms with Gasteiger partial charge in [0.15, 0.2) is 5.82 Å². The van der Waals surface area contributed by atoms with E-state index in [4.69, 9.17) is 4.74 Å². The first-order chi connectivity index (χ1) is 17.1. The van der Waals surface area contributed by atoms with Crippen molar-refractivity contribution in [2.75, 3.05) is 16.8 Å². The molecular formula is C28H23N6OPt-3. The zero-order valence-corrected chi connectivity index (χ0v) is 22.3. The van der Waals surface area contributed by atoms with Gasteiger partial charge in [0.2, 0.25) is 0 Å². The van der Waals surface area contributed by atoms with Crippen molar-refractivity contribution in [3.8, 4) is 17.3 Å². The number of rotatable bonds is 5. The van der Waals surface area contributed by atoms with Gasteiger partial charge >= 0.3 is 0 Å². The van der Waals surface area contributed by atoms with Crippen molar-refractivity contribution in [1.29, 1.82) is 0 Å². The van der Waals surface area contributed by atoms with Gasteiger partial charge in [-0.25, -0.2) is 9.67 Å². The smallest absolute Gasteiger partial charge is 0.151 e. The van der Waals surface area contributed by atoms with Crippen LogP contribution in [0.5, 0.6) is 11.5 Å². The van der Waals surface area contributed by atoms with Gasteiger partial charge in [-0.15, -0.1) is 30.0 Å². The summed E-state index contributed by atoms with van der Waals surface area (Å²) in [5.41, 5.74) is 5.73. The molecule has 4 heterocycles. The minimum Gasteiger partial charge on any atom is -0.508 e. The third-order valence-corrected chi connectivity index (χ3v) is 6.01. The molecule has 0 atom stereocenters. The van der Waals surface area contributed by atoms with Crippen LogP contribution >= 0.6 is 0 Å². The van der Waals surface area contributed by atoms with E-state index in [-0.39, 0.29) is 21.1 Å². The van der Waals surface area contributed by atoms with Crippen molar-refractivity contribution in [1.82, 2.24) is 19.7 Å². The van der Waals surface area contributed by atoms with E-state index in [2.05, 4.69) is 63.0 Å². The zero-order valence-electron chi connectivity index (χ0n) is 20.0. The van der Waals surface area contributed by atoms with Gasteiger partial charge in [0, 0.05) is 56.3 Å². The molecule has 1 aliphatic heterocycles. The molecule has 2 aromatic carbocycles. The van der Waals surface area contributed by atoms with Gasteiger partial charge < -0.3 is 19.5 Å². The Bertz CT molecular complexity index is 1530. The second-order valence-electron chi connectivity index (χ2n) is 8.73. The van der Waals surface area contributed by atoms with Crippen LogP contribution in [0.15, 0.2) is 73.2 Å². The van der Waals surface area contributed by atoms with Gasteiger partial charge in [-0.1, -0.05) is 26.0 Å². The Morgan fingerprint density at radius 2 is 1.75 bits per heavy atom. The van der Waals surface area contributed by atoms with Crippen molar-refractivity contribution in [3.05, 3.63) is 97.6 Å². The average Bonchev–Trinajstić information content (AvgIpc) is 3.45. The number of hydrogen-bond acceptors (Lipinski definition) is 6. The van der Waals surface area contributed by atoms with Gasteiger partial charge in [-0.2, -0.15) is 17.8 Å². The van der Waals surface area contributed by atoms with E-state index < -0.39 is 0 Å². The average molecular weight is 655 g/mol. The molecule has 1 aliphatic rings. The number of fused-ring (bicyclic) bond motifs is 2. The Morgan fingerprint density at radius 3 is 2.58 bits per heavy atom. The van der Waals surface area contributed by atoms with Crippen LogP contribution in [-0.2, 0) is 21.1 Å². The fourth-order valence-electron chi connectivity index (χ4n) is 4.17. The van der Waals surface area contributed by atoms with Crippen molar-refractivity contribution >= 4 is 28.1 Å². The SMILES string of the molecule is CC(C)c1ccnc(-n2ncc3ncc(Oc4[c-]c(N5[CH-]N(C)c6ccccc65)ccc4)[c-]c32)c1.[Pt]. The molecule has 0 spiro atoms. The summed E-state index contributed by atoms with van der Waals surface area (Å²) in [7, 11) is 2.03. The molecular weight excluding hydrogens is 631 g/mol. The third-order valence-electron chi connectivity index (χ3n) is 6.01. The van der Waals surface area contributed by atoms with Crippen LogP contribution in [0.4, 0.5) is 17.1 Å². The number of pyridine rings is 2. The molecule has 7 nitrogen and oxygen atoms in total. The first-order valence-corrected chi connectivity index (χ1v) is 11.5. The number of hydrogen-bond donors (Lipinski definition) is 0. The summed E-state index contributed by atoms with van der Waals surface area (Å²) in [6.07, 6.45) is 5.17. The van der Waals surface area contributed by atoms with E-state index in [9.17, 15) is 0 Å². The number of anilines is 3. The number of benzene rings is 2. The van der Waals surface area contributed by atoms with Crippen LogP contribution in [-0.4, -0.2) is 26.8 Å². The predicted molar refractivity (Wildman–Crippen MR) is 136 cm³/mol. The van der Waals surface area contributed by atoms with Gasteiger partial charge in [0.05, 0.1) is 0 Å². The zero-order chi connectivity index (χ0) is 23.9. The van der Waals surface area contributed by atoms with Crippen LogP contribution in [0.25, 0.3) is 16.9 Å². The molecule has 3 aromatic heterocycles. The molecule has 5 aromatic rings. The Balaban J connectivity index is 0.00000267. The molecule has 0 saturated heterocycles. The first-order valence-electron chi connectivity index (χ1n) is 11.5. The monoisotopic (exact) mass is 654 g/mol. The summed E-state index contributed by atoms with van der Waals surface area (Å²) in [5.74, 6) is 2.17. The summed E-state index contributed by atoms with van der Waals surface area (Å²) < 4.78 is 7.88. The molecule has 0 aliphatic carbocycles. The van der Waals surface area contributed by atoms with Gasteiger partial charge in [-0.3, -0.25) is 0 Å². The van der Waals surface area contributed by atoms with E-state index in [1.54, 1.807) is 23.3 Å². The minimum absolute atomic E-state index is 0. The molecule has 0 N–H and O–H groups in total. The topological polar surface area (TPSA) is 59.3 Å². The fourth-order valence-corrected chi connectivity index (χ4v) is 4.17. The predicted octanol–water partition coefficient (Wildman–Crippen LogP) is 6.04. The molecule has 0 radical (unpaired) electrons. The Kier molecular flexibility index (Phi) is 6.50. The third kappa shape index (κ3) is 4.35. The second kappa shape index (κ2) is 9.75. The number of nitrogens with zero attached hydrogens (tertiary/aromatic N) is 6. The van der Waals surface area contributed by atoms with Crippen LogP contribution in [0.2, 0.25) is 0 Å². The summed E-state index contributed by atoms with van der Waals surface area (Å²) in [4.78, 5) is 13.2. The van der Waals surface area contributed by atoms with Crippen molar-refractivity contribution in [3.63, 3.8) is 0 Å². The largest absolute Gasteiger partial charge is 0.508 e. The molecule has 0 bridgehead atoms. The van der Waals surface area contributed by atoms with Crippen molar-refractivity contribution in [2.45, 2.75) is 19.8 Å². The summed E-state index contributed by atoms with van der Waals surface area (Å²) in [6.45, 7) is 6.35. The quantitative estimate of drug-likeness (QED) is 0.216. The van der Waals surface area contributed by atoms with E-state index in [0.717, 1.165) is 28.4 Å². The second-order valence-corrected chi connectivity index (χ2v) is 8.73. The number of ether oxygens (including phenoxy) is 1. The van der Waals surface area contributed by atoms with Crippen molar-refractivity contribution in [2.24, 2.45) is 0 Å². The molecule has 8 heteroatoms. The number of para-hydroxylation sites is 2. The summed E-state index contributed by atoms with van der Waals surface area (Å²) in [5, 5.41) is 4.49. The normalized spacial score (nSPS) is 12.7. The molecule has 0 amide bonds. The van der Waals surface area contributed by atoms with E-state index in [0.29, 0.717) is 22.9 Å². The Morgan fingerprint density at radius 1 is 0.917 bits per heavy atom. The van der Waals surface area contributed by atoms with Gasteiger partial charge in [0.25, 0.3) is 0 Å². The van der Waals surface area contributed by atoms with Crippen LogP contribution in [0.1, 0.15) is 25.3 Å². The maximum absolute atomic E-state index is 6.13. The molecule has 0 unspecified atom stereocenters. The standard InChI is InChI=1S/C28H23N6O.Pt/c1-19(2)20-11-12-29-28(13-20)34-27-15-23(16-30-24(27)17-31-34)35-22-8-6-7-21(14-22)33-18-32(3)25-9-4-5-10-26(25)33;/h4-13,16-19H,1-3H3;/q-3;. The van der Waals surface area contributed by atoms with Crippen LogP contribution in [0, 0.1) is 18.8 Å². The number of aromatic nitrogens is 4. The summed E-state index contributed by atoms with van der Waals surface area (Å²) >= 11 is 0. The molecule has 6 rings (SSSR count). The molecule has 0 fully saturated rings. The Labute approximate surface area is 224 Å². The van der Waals surface area contributed by atoms with E-state index in [1.807, 2.05) is 56.2 Å². The molecule has 0 saturated carbocycles. The fraction of sp³-hybridized carbons (Fsp3) is 0.143. The maximum Gasteiger partial charge on any atom is 0.151 e. The molecule has 184 valence electrons.